The van der Waals surface area contributed by atoms with Crippen LogP contribution >= 0.6 is 0 Å². The third kappa shape index (κ3) is 13.2. The van der Waals surface area contributed by atoms with E-state index >= 15 is 0 Å². The Bertz CT molecular complexity index is 148. The summed E-state index contributed by atoms with van der Waals surface area (Å²) >= 11 is 0. The largest absolute Gasteiger partial charge is 0.463 e. The molecule has 0 saturated carbocycles. The number of carbonyl (C=O) groups excluding carboxylic acids is 1. The topological polar surface area (TPSA) is 29.5 Å². The summed E-state index contributed by atoms with van der Waals surface area (Å²) in [4.78, 5) is 12.6. The Hall–Kier alpha value is -0.830. The van der Waals surface area contributed by atoms with Crippen LogP contribution in [0, 0.1) is 0 Å². The maximum Gasteiger partial charge on any atom is 0.330 e. The summed E-state index contributed by atoms with van der Waals surface area (Å²) in [6.07, 6.45) is 2.02. The van der Waals surface area contributed by atoms with Gasteiger partial charge in [-0.3, -0.25) is 0 Å². The summed E-state index contributed by atoms with van der Waals surface area (Å²) in [5.41, 5.74) is 0. The zero-order valence-corrected chi connectivity index (χ0v) is 10.6. The van der Waals surface area contributed by atoms with Gasteiger partial charge in [0.15, 0.2) is 0 Å². The molecule has 0 aliphatic rings. The Morgan fingerprint density at radius 1 is 1.20 bits per heavy atom. The van der Waals surface area contributed by atoms with E-state index in [4.69, 9.17) is 0 Å². The number of nitrogens with zero attached hydrogens (tertiary/aromatic N) is 1. The van der Waals surface area contributed by atoms with Crippen molar-refractivity contribution >= 4 is 5.97 Å². The third-order valence-corrected chi connectivity index (χ3v) is 1.96. The molecule has 0 spiro atoms. The molecule has 0 fully saturated rings. The number of esters is 1. The van der Waals surface area contributed by atoms with E-state index in [1.54, 1.807) is 0 Å². The number of rotatable bonds is 6. The molecule has 0 saturated heterocycles. The molecule has 0 heterocycles. The molecule has 0 rings (SSSR count). The zero-order valence-electron chi connectivity index (χ0n) is 10.6. The van der Waals surface area contributed by atoms with Crippen LogP contribution in [0.3, 0.4) is 0 Å². The Morgan fingerprint density at radius 3 is 1.87 bits per heavy atom. The van der Waals surface area contributed by atoms with E-state index in [0.29, 0.717) is 6.61 Å². The van der Waals surface area contributed by atoms with E-state index in [2.05, 4.69) is 37.0 Å². The number of ether oxygens (including phenoxy) is 1. The molecule has 90 valence electrons. The minimum Gasteiger partial charge on any atom is -0.463 e. The van der Waals surface area contributed by atoms with Crippen LogP contribution in [-0.2, 0) is 9.53 Å². The lowest BCUT2D eigenvalue weighted by molar-refractivity contribution is -0.137. The molecule has 0 amide bonds. The Labute approximate surface area is 94.1 Å². The first kappa shape index (κ1) is 16.6. The zero-order chi connectivity index (χ0) is 12.1. The standard InChI is InChI=1S/C6H15N.C6H10O2/c1-4-7(5-2)6-3;1-3-5-8-6(7)4-2/h4-6H2,1-3H3;4H,2-3,5H2,1H3. The van der Waals surface area contributed by atoms with Gasteiger partial charge in [-0.15, -0.1) is 0 Å². The molecule has 0 unspecified atom stereocenters. The van der Waals surface area contributed by atoms with Crippen molar-refractivity contribution in [2.45, 2.75) is 34.1 Å². The molecule has 3 heteroatoms. The molecule has 0 aromatic carbocycles. The highest BCUT2D eigenvalue weighted by atomic mass is 16.5. The van der Waals surface area contributed by atoms with Crippen LogP contribution in [0.2, 0.25) is 0 Å². The molecular formula is C12H25NO2. The fraction of sp³-hybridized carbons (Fsp3) is 0.750. The lowest BCUT2D eigenvalue weighted by atomic mass is 10.5. The highest BCUT2D eigenvalue weighted by Gasteiger charge is 1.89. The van der Waals surface area contributed by atoms with E-state index < -0.39 is 0 Å². The van der Waals surface area contributed by atoms with Gasteiger partial charge in [-0.05, 0) is 26.1 Å². The second-order valence-corrected chi connectivity index (χ2v) is 2.99. The van der Waals surface area contributed by atoms with Crippen molar-refractivity contribution in [3.05, 3.63) is 12.7 Å². The van der Waals surface area contributed by atoms with Crippen LogP contribution in [0.1, 0.15) is 34.1 Å². The first-order valence-electron chi connectivity index (χ1n) is 5.67. The highest BCUT2D eigenvalue weighted by molar-refractivity contribution is 5.81. The van der Waals surface area contributed by atoms with Crippen molar-refractivity contribution < 1.29 is 9.53 Å². The molecule has 0 radical (unpaired) electrons. The van der Waals surface area contributed by atoms with Crippen molar-refractivity contribution in [1.82, 2.24) is 4.90 Å². The third-order valence-electron chi connectivity index (χ3n) is 1.96. The maximum absolute atomic E-state index is 10.2. The number of hydrogen-bond acceptors (Lipinski definition) is 3. The van der Waals surface area contributed by atoms with Crippen molar-refractivity contribution in [3.8, 4) is 0 Å². The normalized spacial score (nSPS) is 9.13. The van der Waals surface area contributed by atoms with Gasteiger partial charge in [0.2, 0.25) is 0 Å². The lowest BCUT2D eigenvalue weighted by Crippen LogP contribution is -2.21. The van der Waals surface area contributed by atoms with Gasteiger partial charge in [0.05, 0.1) is 6.61 Å². The summed E-state index contributed by atoms with van der Waals surface area (Å²) in [5.74, 6) is -0.341. The molecule has 0 bridgehead atoms. The molecule has 0 aliphatic heterocycles. The van der Waals surface area contributed by atoms with Crippen molar-refractivity contribution in [2.75, 3.05) is 26.2 Å². The first-order valence-corrected chi connectivity index (χ1v) is 5.67. The number of hydrogen-bond donors (Lipinski definition) is 0. The molecule has 0 aliphatic carbocycles. The molecule has 0 atom stereocenters. The second-order valence-electron chi connectivity index (χ2n) is 2.99. The SMILES string of the molecule is C=CC(=O)OCCC.CCN(CC)CC. The van der Waals surface area contributed by atoms with Crippen LogP contribution < -0.4 is 0 Å². The van der Waals surface area contributed by atoms with Crippen molar-refractivity contribution in [3.63, 3.8) is 0 Å². The minimum absolute atomic E-state index is 0.341. The van der Waals surface area contributed by atoms with Crippen LogP contribution in [0.5, 0.6) is 0 Å². The predicted octanol–water partition coefficient (Wildman–Crippen LogP) is 2.47. The molecule has 15 heavy (non-hydrogen) atoms. The van der Waals surface area contributed by atoms with E-state index in [1.807, 2.05) is 6.92 Å². The molecular weight excluding hydrogens is 190 g/mol. The quantitative estimate of drug-likeness (QED) is 0.503. The van der Waals surface area contributed by atoms with E-state index in [-0.39, 0.29) is 5.97 Å². The van der Waals surface area contributed by atoms with Crippen molar-refractivity contribution in [2.24, 2.45) is 0 Å². The minimum atomic E-state index is -0.341. The first-order chi connectivity index (χ1) is 7.15. The van der Waals surface area contributed by atoms with Gasteiger partial charge in [0.1, 0.15) is 0 Å². The van der Waals surface area contributed by atoms with E-state index in [9.17, 15) is 4.79 Å². The molecule has 0 aromatic heterocycles. The smallest absolute Gasteiger partial charge is 0.330 e. The molecule has 0 N–H and O–H groups in total. The maximum atomic E-state index is 10.2. The Balaban J connectivity index is 0. The van der Waals surface area contributed by atoms with Crippen molar-refractivity contribution in [1.29, 1.82) is 0 Å². The summed E-state index contributed by atoms with van der Waals surface area (Å²) < 4.78 is 4.58. The predicted molar refractivity (Wildman–Crippen MR) is 64.9 cm³/mol. The van der Waals surface area contributed by atoms with Gasteiger partial charge in [-0.25, -0.2) is 4.79 Å². The average molecular weight is 215 g/mol. The monoisotopic (exact) mass is 215 g/mol. The van der Waals surface area contributed by atoms with Crippen LogP contribution in [0.25, 0.3) is 0 Å². The molecule has 0 aromatic rings. The summed E-state index contributed by atoms with van der Waals surface area (Å²) in [5, 5.41) is 0. The lowest BCUT2D eigenvalue weighted by Gasteiger charge is -2.13. The summed E-state index contributed by atoms with van der Waals surface area (Å²) in [6.45, 7) is 15.8. The van der Waals surface area contributed by atoms with Crippen LogP contribution in [-0.4, -0.2) is 37.1 Å². The van der Waals surface area contributed by atoms with Gasteiger partial charge in [0, 0.05) is 6.08 Å². The summed E-state index contributed by atoms with van der Waals surface area (Å²) in [6, 6.07) is 0. The van der Waals surface area contributed by atoms with Crippen LogP contribution in [0.15, 0.2) is 12.7 Å². The second kappa shape index (κ2) is 13.2. The Kier molecular flexibility index (Phi) is 14.6. The Morgan fingerprint density at radius 2 is 1.67 bits per heavy atom. The fourth-order valence-electron chi connectivity index (χ4n) is 0.932. The molecule has 3 nitrogen and oxygen atoms in total. The fourth-order valence-corrected chi connectivity index (χ4v) is 0.932. The van der Waals surface area contributed by atoms with Gasteiger partial charge in [-0.2, -0.15) is 0 Å². The average Bonchev–Trinajstić information content (AvgIpc) is 2.29. The summed E-state index contributed by atoms with van der Waals surface area (Å²) in [7, 11) is 0. The van der Waals surface area contributed by atoms with Gasteiger partial charge in [0.25, 0.3) is 0 Å². The van der Waals surface area contributed by atoms with Gasteiger partial charge in [-0.1, -0.05) is 34.3 Å². The van der Waals surface area contributed by atoms with Gasteiger partial charge >= 0.3 is 5.97 Å². The van der Waals surface area contributed by atoms with Crippen LogP contribution in [0.4, 0.5) is 0 Å². The van der Waals surface area contributed by atoms with Gasteiger partial charge < -0.3 is 9.64 Å². The number of carbonyl (C=O) groups is 1. The van der Waals surface area contributed by atoms with E-state index in [1.165, 1.54) is 19.6 Å². The highest BCUT2D eigenvalue weighted by Crippen LogP contribution is 1.82. The van der Waals surface area contributed by atoms with E-state index in [0.717, 1.165) is 12.5 Å².